The van der Waals surface area contributed by atoms with Gasteiger partial charge < -0.3 is 10.6 Å². The molecular weight excluding hydrogens is 254 g/mol. The molecule has 2 amide bonds. The van der Waals surface area contributed by atoms with Crippen LogP contribution in [-0.4, -0.2) is 31.1 Å². The van der Waals surface area contributed by atoms with Gasteiger partial charge in [0.2, 0.25) is 0 Å². The summed E-state index contributed by atoms with van der Waals surface area (Å²) >= 11 is 0. The Morgan fingerprint density at radius 1 is 1.35 bits per heavy atom. The van der Waals surface area contributed by atoms with Crippen LogP contribution in [0.5, 0.6) is 0 Å². The predicted molar refractivity (Wildman–Crippen MR) is 75.7 cm³/mol. The van der Waals surface area contributed by atoms with E-state index in [1.165, 1.54) is 0 Å². The van der Waals surface area contributed by atoms with E-state index in [9.17, 15) is 4.79 Å². The second-order valence-corrected chi connectivity index (χ2v) is 4.24. The third-order valence-corrected chi connectivity index (χ3v) is 2.88. The normalized spacial score (nSPS) is 11.0. The van der Waals surface area contributed by atoms with E-state index < -0.39 is 6.03 Å². The minimum Gasteiger partial charge on any atom is -0.313 e. The zero-order valence-corrected chi connectivity index (χ0v) is 11.6. The van der Waals surface area contributed by atoms with Crippen LogP contribution in [0.4, 0.5) is 10.5 Å². The molecule has 0 aromatic heterocycles. The Morgan fingerprint density at radius 3 is 2.55 bits per heavy atom. The largest absolute Gasteiger partial charge is 0.323 e. The molecule has 0 fully saturated rings. The number of carbonyl (C=O) groups is 1. The van der Waals surface area contributed by atoms with Gasteiger partial charge >= 0.3 is 6.03 Å². The van der Waals surface area contributed by atoms with Crippen LogP contribution in [0.15, 0.2) is 24.3 Å². The van der Waals surface area contributed by atoms with Crippen LogP contribution in [0.2, 0.25) is 0 Å². The number of urea groups is 1. The molecule has 1 rings (SSSR count). The van der Waals surface area contributed by atoms with Gasteiger partial charge in [0.15, 0.2) is 0 Å². The van der Waals surface area contributed by atoms with Crippen LogP contribution in [0, 0.1) is 22.7 Å². The third kappa shape index (κ3) is 4.27. The fourth-order valence-electron chi connectivity index (χ4n) is 1.63. The van der Waals surface area contributed by atoms with Crippen LogP contribution < -0.4 is 10.6 Å². The van der Waals surface area contributed by atoms with Crippen molar-refractivity contribution < 1.29 is 4.79 Å². The number of nitrogens with zero attached hydrogens (tertiary/aromatic N) is 3. The van der Waals surface area contributed by atoms with E-state index in [0.717, 1.165) is 10.5 Å². The fourth-order valence-corrected chi connectivity index (χ4v) is 1.63. The van der Waals surface area contributed by atoms with E-state index in [1.54, 1.807) is 6.07 Å². The van der Waals surface area contributed by atoms with E-state index in [0.29, 0.717) is 5.69 Å². The molecule has 0 aliphatic rings. The number of carbonyl (C=O) groups excluding carboxylic acids is 1. The van der Waals surface area contributed by atoms with Gasteiger partial charge in [0.25, 0.3) is 0 Å². The molecule has 6 nitrogen and oxygen atoms in total. The number of benzene rings is 1. The molecular formula is C14H17N5O. The summed E-state index contributed by atoms with van der Waals surface area (Å²) in [5.74, 6) is 0. The fraction of sp³-hybridized carbons (Fsp3) is 0.357. The van der Waals surface area contributed by atoms with Crippen molar-refractivity contribution in [2.75, 3.05) is 25.5 Å². The van der Waals surface area contributed by atoms with Gasteiger partial charge in [-0.15, -0.1) is 0 Å². The van der Waals surface area contributed by atoms with Gasteiger partial charge in [0, 0.05) is 11.7 Å². The SMILES string of the molecule is CNC(C)c1cccc(NC(=O)N(CC#N)CC#N)c1. The van der Waals surface area contributed by atoms with Crippen molar-refractivity contribution in [1.82, 2.24) is 10.2 Å². The average molecular weight is 271 g/mol. The maximum Gasteiger partial charge on any atom is 0.323 e. The quantitative estimate of drug-likeness (QED) is 0.799. The first-order valence-corrected chi connectivity index (χ1v) is 6.19. The number of nitrogens with one attached hydrogen (secondary N) is 2. The Balaban J connectivity index is 2.80. The highest BCUT2D eigenvalue weighted by molar-refractivity contribution is 5.89. The molecule has 0 saturated carbocycles. The van der Waals surface area contributed by atoms with Crippen LogP contribution in [-0.2, 0) is 0 Å². The summed E-state index contributed by atoms with van der Waals surface area (Å²) < 4.78 is 0. The number of hydrogen-bond donors (Lipinski definition) is 2. The first-order valence-electron chi connectivity index (χ1n) is 6.19. The van der Waals surface area contributed by atoms with Gasteiger partial charge in [-0.05, 0) is 31.7 Å². The Labute approximate surface area is 118 Å². The van der Waals surface area contributed by atoms with E-state index in [4.69, 9.17) is 10.5 Å². The number of anilines is 1. The van der Waals surface area contributed by atoms with Gasteiger partial charge in [-0.3, -0.25) is 4.90 Å². The van der Waals surface area contributed by atoms with Gasteiger partial charge in [0.1, 0.15) is 13.1 Å². The predicted octanol–water partition coefficient (Wildman–Crippen LogP) is 1.85. The highest BCUT2D eigenvalue weighted by atomic mass is 16.2. The Hall–Kier alpha value is -2.57. The lowest BCUT2D eigenvalue weighted by atomic mass is 10.1. The van der Waals surface area contributed by atoms with Gasteiger partial charge in [-0.25, -0.2) is 4.79 Å². The van der Waals surface area contributed by atoms with E-state index in [1.807, 2.05) is 44.3 Å². The molecule has 0 bridgehead atoms. The average Bonchev–Trinajstić information content (AvgIpc) is 2.46. The molecule has 104 valence electrons. The molecule has 20 heavy (non-hydrogen) atoms. The molecule has 0 spiro atoms. The summed E-state index contributed by atoms with van der Waals surface area (Å²) in [7, 11) is 1.86. The molecule has 6 heteroatoms. The Morgan fingerprint density at radius 2 is 2.00 bits per heavy atom. The standard InChI is InChI=1S/C14H17N5O/c1-11(17-2)12-4-3-5-13(10-12)18-14(20)19(8-6-15)9-7-16/h3-5,10-11,17H,8-9H2,1-2H3,(H,18,20). The Kier molecular flexibility index (Phi) is 6.02. The highest BCUT2D eigenvalue weighted by Gasteiger charge is 2.13. The molecule has 0 radical (unpaired) electrons. The van der Waals surface area contributed by atoms with Crippen molar-refractivity contribution in [1.29, 1.82) is 10.5 Å². The number of rotatable bonds is 5. The summed E-state index contributed by atoms with van der Waals surface area (Å²) in [6, 6.07) is 10.9. The van der Waals surface area contributed by atoms with Crippen molar-refractivity contribution in [3.63, 3.8) is 0 Å². The van der Waals surface area contributed by atoms with Crippen LogP contribution in [0.1, 0.15) is 18.5 Å². The van der Waals surface area contributed by atoms with Crippen molar-refractivity contribution in [2.24, 2.45) is 0 Å². The third-order valence-electron chi connectivity index (χ3n) is 2.88. The molecule has 1 aromatic rings. The first kappa shape index (κ1) is 15.5. The van der Waals surface area contributed by atoms with Crippen molar-refractivity contribution >= 4 is 11.7 Å². The summed E-state index contributed by atoms with van der Waals surface area (Å²) in [4.78, 5) is 13.1. The maximum absolute atomic E-state index is 11.9. The first-order chi connectivity index (χ1) is 9.62. The molecule has 2 N–H and O–H groups in total. The maximum atomic E-state index is 11.9. The lowest BCUT2D eigenvalue weighted by Gasteiger charge is -2.18. The molecule has 1 atom stereocenters. The van der Waals surface area contributed by atoms with Crippen molar-refractivity contribution in [3.8, 4) is 12.1 Å². The summed E-state index contributed by atoms with van der Waals surface area (Å²) in [5, 5.41) is 23.1. The molecule has 0 saturated heterocycles. The van der Waals surface area contributed by atoms with Crippen LogP contribution >= 0.6 is 0 Å². The Bertz CT molecular complexity index is 527. The molecule has 0 heterocycles. The number of amides is 2. The molecule has 1 unspecified atom stereocenters. The lowest BCUT2D eigenvalue weighted by Crippen LogP contribution is -2.35. The second-order valence-electron chi connectivity index (χ2n) is 4.24. The minimum atomic E-state index is -0.456. The summed E-state index contributed by atoms with van der Waals surface area (Å²) in [6.07, 6.45) is 0. The highest BCUT2D eigenvalue weighted by Crippen LogP contribution is 2.17. The van der Waals surface area contributed by atoms with Gasteiger partial charge in [-0.1, -0.05) is 12.1 Å². The second kappa shape index (κ2) is 7.78. The lowest BCUT2D eigenvalue weighted by molar-refractivity contribution is 0.223. The zero-order chi connectivity index (χ0) is 15.0. The smallest absolute Gasteiger partial charge is 0.313 e. The molecule has 0 aliphatic heterocycles. The van der Waals surface area contributed by atoms with Crippen molar-refractivity contribution in [2.45, 2.75) is 13.0 Å². The topological polar surface area (TPSA) is 91.9 Å². The van der Waals surface area contributed by atoms with E-state index in [2.05, 4.69) is 10.6 Å². The van der Waals surface area contributed by atoms with Crippen LogP contribution in [0.3, 0.4) is 0 Å². The van der Waals surface area contributed by atoms with Crippen molar-refractivity contribution in [3.05, 3.63) is 29.8 Å². The monoisotopic (exact) mass is 271 g/mol. The number of nitriles is 2. The van der Waals surface area contributed by atoms with Crippen LogP contribution in [0.25, 0.3) is 0 Å². The zero-order valence-electron chi connectivity index (χ0n) is 11.6. The number of hydrogen-bond acceptors (Lipinski definition) is 4. The van der Waals surface area contributed by atoms with Gasteiger partial charge in [0.05, 0.1) is 12.1 Å². The summed E-state index contributed by atoms with van der Waals surface area (Å²) in [6.45, 7) is 1.77. The van der Waals surface area contributed by atoms with Gasteiger partial charge in [-0.2, -0.15) is 10.5 Å². The molecule has 0 aliphatic carbocycles. The van der Waals surface area contributed by atoms with E-state index in [-0.39, 0.29) is 19.1 Å². The molecule has 1 aromatic carbocycles. The van der Waals surface area contributed by atoms with E-state index >= 15 is 0 Å². The minimum absolute atomic E-state index is 0.119. The summed E-state index contributed by atoms with van der Waals surface area (Å²) in [5.41, 5.74) is 1.67.